The highest BCUT2D eigenvalue weighted by molar-refractivity contribution is 5.83. The van der Waals surface area contributed by atoms with E-state index in [1.807, 2.05) is 0 Å². The van der Waals surface area contributed by atoms with Crippen LogP contribution in [0.5, 0.6) is 0 Å². The van der Waals surface area contributed by atoms with Crippen LogP contribution < -0.4 is 5.32 Å². The number of likely N-dealkylation sites (N-methyl/N-ethyl adjacent to an activating group) is 2. The van der Waals surface area contributed by atoms with Crippen LogP contribution in [0.2, 0.25) is 0 Å². The van der Waals surface area contributed by atoms with Crippen molar-refractivity contribution in [2.24, 2.45) is 0 Å². The first-order chi connectivity index (χ1) is 8.70. The summed E-state index contributed by atoms with van der Waals surface area (Å²) in [5.74, 6) is 0. The minimum atomic E-state index is 0.398. The van der Waals surface area contributed by atoms with Gasteiger partial charge in [-0.2, -0.15) is 0 Å². The number of nitrogens with zero attached hydrogens (tertiary/aromatic N) is 1. The summed E-state index contributed by atoms with van der Waals surface area (Å²) < 4.78 is 0. The summed E-state index contributed by atoms with van der Waals surface area (Å²) in [6.45, 7) is 4.17. The predicted octanol–water partition coefficient (Wildman–Crippen LogP) is 3.05. The Morgan fingerprint density at radius 2 is 1.78 bits per heavy atom. The minimum Gasteiger partial charge on any atom is -0.309 e. The van der Waals surface area contributed by atoms with E-state index in [0.29, 0.717) is 6.04 Å². The van der Waals surface area contributed by atoms with Crippen molar-refractivity contribution in [3.63, 3.8) is 0 Å². The van der Waals surface area contributed by atoms with Gasteiger partial charge in [-0.1, -0.05) is 43.3 Å². The van der Waals surface area contributed by atoms with E-state index in [4.69, 9.17) is 0 Å². The van der Waals surface area contributed by atoms with Crippen LogP contribution in [-0.2, 0) is 0 Å². The maximum absolute atomic E-state index is 3.55. The zero-order valence-corrected chi connectivity index (χ0v) is 11.5. The summed E-state index contributed by atoms with van der Waals surface area (Å²) >= 11 is 0. The Balaban J connectivity index is 2.31. The molecule has 0 aliphatic rings. The molecule has 0 aromatic heterocycles. The van der Waals surface area contributed by atoms with Crippen LogP contribution in [0.15, 0.2) is 42.5 Å². The number of hydrogen-bond donors (Lipinski definition) is 1. The second-order valence-corrected chi connectivity index (χ2v) is 4.98. The first-order valence-corrected chi connectivity index (χ1v) is 6.57. The van der Waals surface area contributed by atoms with Gasteiger partial charge in [-0.15, -0.1) is 0 Å². The first kappa shape index (κ1) is 13.1. The third kappa shape index (κ3) is 3.09. The lowest BCUT2D eigenvalue weighted by atomic mass is 10.0. The SMILES string of the molecule is CCNC(CN(C)C)c1ccc2ccccc2c1. The van der Waals surface area contributed by atoms with Crippen LogP contribution in [0.4, 0.5) is 0 Å². The Bertz CT molecular complexity index is 505. The molecule has 1 N–H and O–H groups in total. The third-order valence-corrected chi connectivity index (χ3v) is 3.17. The van der Waals surface area contributed by atoms with Gasteiger partial charge in [0.25, 0.3) is 0 Å². The zero-order valence-electron chi connectivity index (χ0n) is 11.5. The highest BCUT2D eigenvalue weighted by Crippen LogP contribution is 2.20. The number of fused-ring (bicyclic) bond motifs is 1. The molecule has 0 fully saturated rings. The van der Waals surface area contributed by atoms with Crippen LogP contribution in [0, 0.1) is 0 Å². The van der Waals surface area contributed by atoms with E-state index < -0.39 is 0 Å². The molecule has 96 valence electrons. The fourth-order valence-electron chi connectivity index (χ4n) is 2.32. The van der Waals surface area contributed by atoms with E-state index in [1.54, 1.807) is 0 Å². The Morgan fingerprint density at radius 3 is 2.44 bits per heavy atom. The lowest BCUT2D eigenvalue weighted by molar-refractivity contribution is 0.345. The van der Waals surface area contributed by atoms with E-state index in [2.05, 4.69) is 73.7 Å². The Hall–Kier alpha value is -1.38. The summed E-state index contributed by atoms with van der Waals surface area (Å²) in [5.41, 5.74) is 1.37. The average molecular weight is 242 g/mol. The molecule has 2 heteroatoms. The van der Waals surface area contributed by atoms with Crippen LogP contribution in [0.3, 0.4) is 0 Å². The van der Waals surface area contributed by atoms with Gasteiger partial charge in [0, 0.05) is 12.6 Å². The molecule has 18 heavy (non-hydrogen) atoms. The van der Waals surface area contributed by atoms with E-state index in [0.717, 1.165) is 13.1 Å². The Kier molecular flexibility index (Phi) is 4.34. The molecule has 2 rings (SSSR count). The smallest absolute Gasteiger partial charge is 0.0449 e. The average Bonchev–Trinajstić information content (AvgIpc) is 2.37. The van der Waals surface area contributed by atoms with E-state index in [1.165, 1.54) is 16.3 Å². The molecule has 2 aromatic carbocycles. The van der Waals surface area contributed by atoms with Gasteiger partial charge < -0.3 is 10.2 Å². The molecule has 0 saturated carbocycles. The maximum atomic E-state index is 3.55. The van der Waals surface area contributed by atoms with Crippen molar-refractivity contribution in [2.75, 3.05) is 27.2 Å². The van der Waals surface area contributed by atoms with Gasteiger partial charge in [0.2, 0.25) is 0 Å². The molecule has 1 atom stereocenters. The standard InChI is InChI=1S/C16H22N2/c1-4-17-16(12-18(2)3)15-10-9-13-7-5-6-8-14(13)11-15/h5-11,16-17H,4,12H2,1-3H3. The monoisotopic (exact) mass is 242 g/mol. The van der Waals surface area contributed by atoms with Gasteiger partial charge in [0.1, 0.15) is 0 Å². The quantitative estimate of drug-likeness (QED) is 0.867. The van der Waals surface area contributed by atoms with Crippen molar-refractivity contribution in [2.45, 2.75) is 13.0 Å². The van der Waals surface area contributed by atoms with Crippen LogP contribution in [0.25, 0.3) is 10.8 Å². The lowest BCUT2D eigenvalue weighted by Gasteiger charge is -2.22. The normalized spacial score (nSPS) is 13.1. The second-order valence-electron chi connectivity index (χ2n) is 4.98. The maximum Gasteiger partial charge on any atom is 0.0449 e. The number of rotatable bonds is 5. The van der Waals surface area contributed by atoms with Crippen molar-refractivity contribution in [1.82, 2.24) is 10.2 Å². The molecule has 0 spiro atoms. The molecule has 0 aliphatic heterocycles. The lowest BCUT2D eigenvalue weighted by Crippen LogP contribution is -2.31. The molecule has 2 aromatic rings. The Morgan fingerprint density at radius 1 is 1.06 bits per heavy atom. The van der Waals surface area contributed by atoms with Crippen LogP contribution in [-0.4, -0.2) is 32.1 Å². The molecule has 1 unspecified atom stereocenters. The summed E-state index contributed by atoms with van der Waals surface area (Å²) in [4.78, 5) is 2.22. The zero-order chi connectivity index (χ0) is 13.0. The number of nitrogens with one attached hydrogen (secondary N) is 1. The van der Waals surface area contributed by atoms with E-state index in [9.17, 15) is 0 Å². The highest BCUT2D eigenvalue weighted by atomic mass is 15.1. The minimum absolute atomic E-state index is 0.398. The molecule has 0 heterocycles. The molecule has 2 nitrogen and oxygen atoms in total. The van der Waals surface area contributed by atoms with Gasteiger partial charge >= 0.3 is 0 Å². The Labute approximate surface area is 110 Å². The van der Waals surface area contributed by atoms with E-state index >= 15 is 0 Å². The number of hydrogen-bond acceptors (Lipinski definition) is 2. The summed E-state index contributed by atoms with van der Waals surface area (Å²) in [6, 6.07) is 15.7. The fraction of sp³-hybridized carbons (Fsp3) is 0.375. The van der Waals surface area contributed by atoms with Gasteiger partial charge in [-0.3, -0.25) is 0 Å². The summed E-state index contributed by atoms with van der Waals surface area (Å²) in [6.07, 6.45) is 0. The molecule has 0 aliphatic carbocycles. The van der Waals surface area contributed by atoms with Crippen LogP contribution >= 0.6 is 0 Å². The van der Waals surface area contributed by atoms with E-state index in [-0.39, 0.29) is 0 Å². The topological polar surface area (TPSA) is 15.3 Å². The van der Waals surface area contributed by atoms with Crippen molar-refractivity contribution in [3.8, 4) is 0 Å². The fourth-order valence-corrected chi connectivity index (χ4v) is 2.32. The van der Waals surface area contributed by atoms with Gasteiger partial charge in [0.15, 0.2) is 0 Å². The molecule has 0 amide bonds. The second kappa shape index (κ2) is 5.98. The largest absolute Gasteiger partial charge is 0.309 e. The van der Waals surface area contributed by atoms with Crippen molar-refractivity contribution < 1.29 is 0 Å². The van der Waals surface area contributed by atoms with Crippen molar-refractivity contribution in [3.05, 3.63) is 48.0 Å². The molecule has 0 saturated heterocycles. The first-order valence-electron chi connectivity index (χ1n) is 6.57. The van der Waals surface area contributed by atoms with Crippen molar-refractivity contribution in [1.29, 1.82) is 0 Å². The summed E-state index contributed by atoms with van der Waals surface area (Å²) in [5, 5.41) is 6.18. The molecule has 0 bridgehead atoms. The highest BCUT2D eigenvalue weighted by Gasteiger charge is 2.11. The molecular formula is C16H22N2. The van der Waals surface area contributed by atoms with Gasteiger partial charge in [-0.05, 0) is 43.0 Å². The van der Waals surface area contributed by atoms with Gasteiger partial charge in [-0.25, -0.2) is 0 Å². The van der Waals surface area contributed by atoms with Crippen molar-refractivity contribution >= 4 is 10.8 Å². The number of benzene rings is 2. The summed E-state index contributed by atoms with van der Waals surface area (Å²) in [7, 11) is 4.23. The molecular weight excluding hydrogens is 220 g/mol. The van der Waals surface area contributed by atoms with Gasteiger partial charge in [0.05, 0.1) is 0 Å². The molecule has 0 radical (unpaired) electrons. The third-order valence-electron chi connectivity index (χ3n) is 3.17. The van der Waals surface area contributed by atoms with Crippen LogP contribution in [0.1, 0.15) is 18.5 Å². The predicted molar refractivity (Wildman–Crippen MR) is 78.9 cm³/mol.